The minimum absolute atomic E-state index is 0.106. The van der Waals surface area contributed by atoms with Crippen LogP contribution in [-0.4, -0.2) is 73.2 Å². The van der Waals surface area contributed by atoms with Crippen molar-refractivity contribution in [3.8, 4) is 0 Å². The van der Waals surface area contributed by atoms with E-state index in [1.165, 1.54) is 26.1 Å². The topological polar surface area (TPSA) is 30.5 Å². The lowest BCUT2D eigenvalue weighted by Gasteiger charge is -2.58. The van der Waals surface area contributed by atoms with Gasteiger partial charge in [0.25, 0.3) is 0 Å². The summed E-state index contributed by atoms with van der Waals surface area (Å²) in [6.45, 7) is 23.7. The van der Waals surface area contributed by atoms with Crippen molar-refractivity contribution < 1.29 is 0 Å². The lowest BCUT2D eigenvalue weighted by Crippen LogP contribution is -2.68. The van der Waals surface area contributed by atoms with Crippen molar-refractivity contribution >= 4 is 0 Å². The second-order valence-corrected chi connectivity index (χ2v) is 8.67. The summed E-state index contributed by atoms with van der Waals surface area (Å²) in [6.07, 6.45) is 1.26. The molecule has 2 aliphatic rings. The van der Waals surface area contributed by atoms with E-state index in [0.29, 0.717) is 0 Å². The number of nitrogens with one attached hydrogen (secondary N) is 2. The van der Waals surface area contributed by atoms with Crippen LogP contribution >= 0.6 is 0 Å². The van der Waals surface area contributed by atoms with Crippen molar-refractivity contribution in [3.63, 3.8) is 0 Å². The van der Waals surface area contributed by atoms with Gasteiger partial charge < -0.3 is 15.5 Å². The Bertz CT molecular complexity index is 362. The standard InChI is InChI=1S/C18H38N4/c1-16(2)17(3,4)20-10-12-21-11-7-8-19-9-13-22(15-14-21)18(16,5)6/h19-20H,7-15H2,1-6H3. The first-order chi connectivity index (χ1) is 10.2. The zero-order chi connectivity index (χ0) is 16.4. The zero-order valence-corrected chi connectivity index (χ0v) is 15.8. The third kappa shape index (κ3) is 3.50. The van der Waals surface area contributed by atoms with Gasteiger partial charge in [-0.25, -0.2) is 0 Å². The molecule has 0 aromatic rings. The van der Waals surface area contributed by atoms with Gasteiger partial charge in [0.2, 0.25) is 0 Å². The summed E-state index contributed by atoms with van der Waals surface area (Å²) in [6, 6.07) is 0. The van der Waals surface area contributed by atoms with E-state index in [9.17, 15) is 0 Å². The fourth-order valence-electron chi connectivity index (χ4n) is 3.94. The van der Waals surface area contributed by atoms with Crippen molar-refractivity contribution in [2.45, 2.75) is 59.0 Å². The molecule has 4 nitrogen and oxygen atoms in total. The van der Waals surface area contributed by atoms with E-state index in [-0.39, 0.29) is 16.5 Å². The van der Waals surface area contributed by atoms with Gasteiger partial charge in [-0.3, -0.25) is 4.90 Å². The zero-order valence-electron chi connectivity index (χ0n) is 15.8. The second kappa shape index (κ2) is 6.76. The number of hydrogen-bond donors (Lipinski definition) is 2. The molecule has 2 atom stereocenters. The van der Waals surface area contributed by atoms with Gasteiger partial charge in [0.15, 0.2) is 0 Å². The van der Waals surface area contributed by atoms with Crippen molar-refractivity contribution in [1.29, 1.82) is 0 Å². The summed E-state index contributed by atoms with van der Waals surface area (Å²) < 4.78 is 0. The van der Waals surface area contributed by atoms with Crippen LogP contribution in [0.25, 0.3) is 0 Å². The number of rotatable bonds is 0. The molecule has 2 aliphatic heterocycles. The average molecular weight is 311 g/mol. The van der Waals surface area contributed by atoms with E-state index in [1.807, 2.05) is 0 Å². The molecular formula is C18H38N4. The van der Waals surface area contributed by atoms with Crippen LogP contribution in [-0.2, 0) is 0 Å². The van der Waals surface area contributed by atoms with Crippen LogP contribution < -0.4 is 10.6 Å². The molecule has 130 valence electrons. The molecule has 2 rings (SSSR count). The highest BCUT2D eigenvalue weighted by Crippen LogP contribution is 2.44. The van der Waals surface area contributed by atoms with E-state index in [0.717, 1.165) is 32.7 Å². The molecule has 0 aliphatic carbocycles. The first kappa shape index (κ1) is 18.2. The van der Waals surface area contributed by atoms with E-state index >= 15 is 0 Å². The molecule has 4 heteroatoms. The van der Waals surface area contributed by atoms with Crippen molar-refractivity contribution in [2.75, 3.05) is 52.4 Å². The number of fused-ring (bicyclic) bond motifs is 3. The highest BCUT2D eigenvalue weighted by molar-refractivity contribution is 5.07. The van der Waals surface area contributed by atoms with Crippen LogP contribution in [0.5, 0.6) is 0 Å². The molecule has 0 spiro atoms. The summed E-state index contributed by atoms with van der Waals surface area (Å²) in [5.74, 6) is 0. The van der Waals surface area contributed by atoms with Crippen molar-refractivity contribution in [1.82, 2.24) is 20.4 Å². The van der Waals surface area contributed by atoms with Gasteiger partial charge >= 0.3 is 0 Å². The van der Waals surface area contributed by atoms with Crippen LogP contribution in [0, 0.1) is 5.41 Å². The van der Waals surface area contributed by atoms with Crippen molar-refractivity contribution in [3.05, 3.63) is 0 Å². The second-order valence-electron chi connectivity index (χ2n) is 8.67. The third-order valence-corrected chi connectivity index (χ3v) is 6.95. The largest absolute Gasteiger partial charge is 0.315 e. The van der Waals surface area contributed by atoms with Crippen molar-refractivity contribution in [2.24, 2.45) is 5.41 Å². The van der Waals surface area contributed by atoms with Crippen LogP contribution in [0.4, 0.5) is 0 Å². The van der Waals surface area contributed by atoms with Gasteiger partial charge in [-0.15, -0.1) is 0 Å². The maximum absolute atomic E-state index is 3.86. The monoisotopic (exact) mass is 310 g/mol. The van der Waals surface area contributed by atoms with Gasteiger partial charge in [-0.05, 0) is 47.2 Å². The lowest BCUT2D eigenvalue weighted by molar-refractivity contribution is -0.0500. The molecular weight excluding hydrogens is 272 g/mol. The van der Waals surface area contributed by atoms with E-state index in [1.54, 1.807) is 0 Å². The molecule has 0 amide bonds. The minimum Gasteiger partial charge on any atom is -0.315 e. The molecule has 2 N–H and O–H groups in total. The summed E-state index contributed by atoms with van der Waals surface area (Å²) in [5, 5.41) is 7.49. The number of hydrogen-bond acceptors (Lipinski definition) is 4. The molecule has 0 radical (unpaired) electrons. The molecule has 2 bridgehead atoms. The molecule has 0 saturated carbocycles. The molecule has 0 aromatic heterocycles. The quantitative estimate of drug-likeness (QED) is 0.714. The SMILES string of the molecule is CC1(C)NCCN2CCCNCCN(CC2)C(C)(C)C1(C)C. The Kier molecular flexibility index (Phi) is 5.59. The number of nitrogens with zero attached hydrogens (tertiary/aromatic N) is 2. The summed E-state index contributed by atoms with van der Waals surface area (Å²) in [7, 11) is 0. The highest BCUT2D eigenvalue weighted by atomic mass is 15.3. The van der Waals surface area contributed by atoms with Gasteiger partial charge in [0, 0.05) is 55.8 Å². The fourth-order valence-corrected chi connectivity index (χ4v) is 3.94. The summed E-state index contributed by atoms with van der Waals surface area (Å²) in [5.41, 5.74) is 0.426. The van der Waals surface area contributed by atoms with Gasteiger partial charge in [-0.1, -0.05) is 13.8 Å². The smallest absolute Gasteiger partial charge is 0.0222 e. The molecule has 2 fully saturated rings. The predicted octanol–water partition coefficient (Wildman–Crippen LogP) is 1.77. The van der Waals surface area contributed by atoms with Gasteiger partial charge in [0.05, 0.1) is 0 Å². The molecule has 2 saturated heterocycles. The molecule has 2 heterocycles. The first-order valence-corrected chi connectivity index (χ1v) is 9.12. The van der Waals surface area contributed by atoms with Crippen LogP contribution in [0.2, 0.25) is 0 Å². The average Bonchev–Trinajstić information content (AvgIpc) is 2.43. The summed E-state index contributed by atoms with van der Waals surface area (Å²) in [4.78, 5) is 5.35. The summed E-state index contributed by atoms with van der Waals surface area (Å²) >= 11 is 0. The Morgan fingerprint density at radius 3 is 2.18 bits per heavy atom. The fraction of sp³-hybridized carbons (Fsp3) is 1.00. The Balaban J connectivity index is 2.31. The van der Waals surface area contributed by atoms with Crippen LogP contribution in [0.1, 0.15) is 48.0 Å². The first-order valence-electron chi connectivity index (χ1n) is 9.12. The highest BCUT2D eigenvalue weighted by Gasteiger charge is 2.50. The van der Waals surface area contributed by atoms with Gasteiger partial charge in [-0.2, -0.15) is 0 Å². The predicted molar refractivity (Wildman–Crippen MR) is 95.4 cm³/mol. The van der Waals surface area contributed by atoms with Crippen LogP contribution in [0.15, 0.2) is 0 Å². The van der Waals surface area contributed by atoms with Crippen LogP contribution in [0.3, 0.4) is 0 Å². The van der Waals surface area contributed by atoms with E-state index in [2.05, 4.69) is 62.0 Å². The van der Waals surface area contributed by atoms with E-state index in [4.69, 9.17) is 0 Å². The molecule has 0 aromatic carbocycles. The molecule has 22 heavy (non-hydrogen) atoms. The third-order valence-electron chi connectivity index (χ3n) is 6.95. The maximum Gasteiger partial charge on any atom is 0.0222 e. The normalized spacial score (nSPS) is 35.7. The Morgan fingerprint density at radius 2 is 1.45 bits per heavy atom. The maximum atomic E-state index is 3.86. The van der Waals surface area contributed by atoms with Gasteiger partial charge in [0.1, 0.15) is 0 Å². The Hall–Kier alpha value is -0.160. The Morgan fingerprint density at radius 1 is 0.727 bits per heavy atom. The van der Waals surface area contributed by atoms with E-state index < -0.39 is 0 Å². The minimum atomic E-state index is 0.106. The lowest BCUT2D eigenvalue weighted by atomic mass is 9.62. The Labute approximate surface area is 138 Å². The molecule has 2 unspecified atom stereocenters.